The zero-order valence-electron chi connectivity index (χ0n) is 4.34. The molecule has 1 rings (SSSR count). The van der Waals surface area contributed by atoms with Gasteiger partial charge in [-0.25, -0.2) is 0 Å². The van der Waals surface area contributed by atoms with Crippen molar-refractivity contribution in [2.24, 2.45) is 0 Å². The van der Waals surface area contributed by atoms with Crippen LogP contribution in [-0.4, -0.2) is 23.1 Å². The predicted molar refractivity (Wildman–Crippen MR) is 26.0 cm³/mol. The third-order valence-electron chi connectivity index (χ3n) is 0.825. The molecule has 5 heteroatoms. The van der Waals surface area contributed by atoms with Gasteiger partial charge in [-0.3, -0.25) is 9.59 Å². The molecule has 0 aliphatic rings. The first-order valence-corrected chi connectivity index (χ1v) is 1.82. The molecule has 1 aromatic carbocycles. The Bertz CT molecular complexity index is 253. The largest absolute Gasteiger partial charge is 2.00 e. The first kappa shape index (κ1) is 8.45. The van der Waals surface area contributed by atoms with E-state index >= 15 is 0 Å². The Balaban J connectivity index is 0.000000640. The van der Waals surface area contributed by atoms with E-state index in [0.29, 0.717) is 0 Å². The topological polar surface area (TPSA) is 80.3 Å². The Morgan fingerprint density at radius 2 is 1.11 bits per heavy atom. The Morgan fingerprint density at radius 3 is 1.22 bits per heavy atom. The van der Waals surface area contributed by atoms with Crippen molar-refractivity contribution >= 4 is 23.1 Å². The van der Waals surface area contributed by atoms with Crippen molar-refractivity contribution in [3.05, 3.63) is 20.4 Å². The summed E-state index contributed by atoms with van der Waals surface area (Å²) >= 11 is 0. The molecule has 0 aromatic heterocycles. The Labute approximate surface area is 65.6 Å². The second kappa shape index (κ2) is 2.36. The second-order valence-corrected chi connectivity index (χ2v) is 1.32. The van der Waals surface area contributed by atoms with E-state index in [1.807, 2.05) is 0 Å². The van der Waals surface area contributed by atoms with Gasteiger partial charge in [-0.05, 0) is 0 Å². The summed E-state index contributed by atoms with van der Waals surface area (Å²) in [6, 6.07) is 0. The molecule has 0 N–H and O–H groups in total. The third-order valence-corrected chi connectivity index (χ3v) is 0.825. The van der Waals surface area contributed by atoms with Crippen LogP contribution in [0.5, 0.6) is 11.5 Å². The molecule has 0 saturated carbocycles. The summed E-state index contributed by atoms with van der Waals surface area (Å²) in [6.45, 7) is 0. The van der Waals surface area contributed by atoms with Gasteiger partial charge in [0, 0.05) is 0 Å². The minimum atomic E-state index is -1.19. The van der Waals surface area contributed by atoms with E-state index in [4.69, 9.17) is 0 Å². The van der Waals surface area contributed by atoms with Crippen LogP contribution in [0.25, 0.3) is 0 Å². The first-order chi connectivity index (χ1) is 3.64. The van der Waals surface area contributed by atoms with Gasteiger partial charge >= 0.3 is 23.1 Å². The molecule has 0 amide bonds. The summed E-state index contributed by atoms with van der Waals surface area (Å²) in [6.07, 6.45) is 0. The van der Waals surface area contributed by atoms with Crippen LogP contribution in [0.15, 0.2) is 9.59 Å². The van der Waals surface area contributed by atoms with Crippen LogP contribution >= 0.6 is 0 Å². The van der Waals surface area contributed by atoms with Crippen LogP contribution in [0, 0.1) is 0 Å². The monoisotopic (exact) mass is 136 g/mol. The number of rotatable bonds is 0. The SMILES string of the molecule is O=c1c([O-])c([O-])c1=O.[Mg+2]. The molecule has 9 heavy (non-hydrogen) atoms. The van der Waals surface area contributed by atoms with Gasteiger partial charge in [0.2, 0.25) is 10.9 Å². The van der Waals surface area contributed by atoms with Crippen LogP contribution in [0.2, 0.25) is 0 Å². The molecular formula is C4MgO4. The zero-order chi connectivity index (χ0) is 6.31. The molecule has 0 radical (unpaired) electrons. The van der Waals surface area contributed by atoms with Gasteiger partial charge in [0.1, 0.15) is 0 Å². The minimum Gasteiger partial charge on any atom is -0.870 e. The molecule has 0 heterocycles. The molecular weight excluding hydrogens is 136 g/mol. The summed E-state index contributed by atoms with van der Waals surface area (Å²) < 4.78 is 0. The second-order valence-electron chi connectivity index (χ2n) is 1.32. The normalized spacial score (nSPS) is 8.89. The number of hydrogen-bond donors (Lipinski definition) is 0. The molecule has 4 nitrogen and oxygen atoms in total. The maximum Gasteiger partial charge on any atom is 2.00 e. The standard InChI is InChI=1S/C4H2O4.Mg/c5-1-2(6)4(8)3(1)7;/h5-6H;/q;+2/p-2. The van der Waals surface area contributed by atoms with Gasteiger partial charge in [0.15, 0.2) is 0 Å². The quantitative estimate of drug-likeness (QED) is 0.282. The molecule has 0 fully saturated rings. The van der Waals surface area contributed by atoms with E-state index in [1.54, 1.807) is 0 Å². The van der Waals surface area contributed by atoms with Crippen molar-refractivity contribution in [1.29, 1.82) is 0 Å². The molecule has 42 valence electrons. The molecule has 0 aliphatic heterocycles. The van der Waals surface area contributed by atoms with Gasteiger partial charge in [0.25, 0.3) is 0 Å². The van der Waals surface area contributed by atoms with Crippen molar-refractivity contribution in [3.63, 3.8) is 0 Å². The maximum absolute atomic E-state index is 9.85. The van der Waals surface area contributed by atoms with Crippen molar-refractivity contribution in [3.8, 4) is 11.5 Å². The Morgan fingerprint density at radius 1 is 0.889 bits per heavy atom. The van der Waals surface area contributed by atoms with E-state index in [2.05, 4.69) is 0 Å². The fourth-order valence-corrected chi connectivity index (χ4v) is 0.350. The first-order valence-electron chi connectivity index (χ1n) is 1.82. The molecule has 0 unspecified atom stereocenters. The van der Waals surface area contributed by atoms with Crippen LogP contribution < -0.4 is 21.1 Å². The predicted octanol–water partition coefficient (Wildman–Crippen LogP) is -2.95. The van der Waals surface area contributed by atoms with Crippen molar-refractivity contribution in [2.75, 3.05) is 0 Å². The summed E-state index contributed by atoms with van der Waals surface area (Å²) in [4.78, 5) is 19.7. The van der Waals surface area contributed by atoms with Gasteiger partial charge in [0.05, 0.1) is 0 Å². The molecule has 0 aliphatic carbocycles. The van der Waals surface area contributed by atoms with Crippen LogP contribution in [0.1, 0.15) is 0 Å². The van der Waals surface area contributed by atoms with Gasteiger partial charge in [-0.2, -0.15) is 0 Å². The van der Waals surface area contributed by atoms with E-state index < -0.39 is 22.4 Å². The fraction of sp³-hybridized carbons (Fsp3) is 0. The summed E-state index contributed by atoms with van der Waals surface area (Å²) in [5, 5.41) is 19.7. The minimum absolute atomic E-state index is 0. The average molecular weight is 136 g/mol. The van der Waals surface area contributed by atoms with E-state index in [1.165, 1.54) is 0 Å². The molecule has 0 bridgehead atoms. The summed E-state index contributed by atoms with van der Waals surface area (Å²) in [7, 11) is 0. The summed E-state index contributed by atoms with van der Waals surface area (Å²) in [5.41, 5.74) is -2.37. The zero-order valence-corrected chi connectivity index (χ0v) is 5.75. The van der Waals surface area contributed by atoms with Gasteiger partial charge in [-0.1, -0.05) is 11.5 Å². The maximum atomic E-state index is 9.85. The smallest absolute Gasteiger partial charge is 0.870 e. The van der Waals surface area contributed by atoms with E-state index in [0.717, 1.165) is 0 Å². The van der Waals surface area contributed by atoms with Gasteiger partial charge in [-0.15, -0.1) is 0 Å². The molecule has 0 atom stereocenters. The molecule has 0 saturated heterocycles. The Kier molecular flexibility index (Phi) is 2.22. The van der Waals surface area contributed by atoms with Crippen LogP contribution in [-0.2, 0) is 0 Å². The average Bonchev–Trinajstić information content (AvgIpc) is 1.83. The third kappa shape index (κ3) is 0.926. The van der Waals surface area contributed by atoms with Gasteiger partial charge < -0.3 is 10.2 Å². The van der Waals surface area contributed by atoms with E-state index in [9.17, 15) is 19.8 Å². The van der Waals surface area contributed by atoms with Crippen molar-refractivity contribution in [1.82, 2.24) is 0 Å². The van der Waals surface area contributed by atoms with Crippen LogP contribution in [0.4, 0.5) is 0 Å². The van der Waals surface area contributed by atoms with Crippen molar-refractivity contribution < 1.29 is 10.2 Å². The fourth-order valence-electron chi connectivity index (χ4n) is 0.350. The molecule has 0 spiro atoms. The van der Waals surface area contributed by atoms with E-state index in [-0.39, 0.29) is 23.1 Å². The summed E-state index contributed by atoms with van der Waals surface area (Å²) in [5.74, 6) is -2.37. The van der Waals surface area contributed by atoms with Crippen LogP contribution in [0.3, 0.4) is 0 Å². The number of hydrogen-bond acceptors (Lipinski definition) is 4. The molecule has 1 aromatic rings. The van der Waals surface area contributed by atoms with Crippen molar-refractivity contribution in [2.45, 2.75) is 0 Å². The Hall–Kier alpha value is -0.554.